The number of hydrogen-bond donors (Lipinski definition) is 1. The molecule has 27 heavy (non-hydrogen) atoms. The number of ether oxygens (including phenoxy) is 2. The van der Waals surface area contributed by atoms with Crippen molar-refractivity contribution in [1.29, 1.82) is 0 Å². The van der Waals surface area contributed by atoms with Crippen LogP contribution in [0.15, 0.2) is 60.8 Å². The van der Waals surface area contributed by atoms with E-state index in [0.717, 1.165) is 18.5 Å². The molecule has 0 unspecified atom stereocenters. The first-order chi connectivity index (χ1) is 13.2. The Morgan fingerprint density at radius 1 is 1.07 bits per heavy atom. The minimum absolute atomic E-state index is 0.109. The van der Waals surface area contributed by atoms with Gasteiger partial charge in [-0.3, -0.25) is 4.79 Å². The van der Waals surface area contributed by atoms with Gasteiger partial charge >= 0.3 is 0 Å². The zero-order valence-corrected chi connectivity index (χ0v) is 15.6. The van der Waals surface area contributed by atoms with Crippen LogP contribution in [-0.2, 0) is 11.3 Å². The zero-order chi connectivity index (χ0) is 19.1. The molecule has 0 bridgehead atoms. The summed E-state index contributed by atoms with van der Waals surface area (Å²) in [6, 6.07) is 15.9. The summed E-state index contributed by atoms with van der Waals surface area (Å²) in [4.78, 5) is 12.0. The second-order valence-electron chi connectivity index (χ2n) is 6.16. The molecule has 0 spiro atoms. The molecule has 0 aliphatic heterocycles. The molecule has 1 N–H and O–H groups in total. The minimum Gasteiger partial charge on any atom is -0.493 e. The Kier molecular flexibility index (Phi) is 6.15. The molecular weight excluding hydrogens is 340 g/mol. The van der Waals surface area contributed by atoms with Gasteiger partial charge in [-0.15, -0.1) is 0 Å². The van der Waals surface area contributed by atoms with E-state index < -0.39 is 0 Å². The summed E-state index contributed by atoms with van der Waals surface area (Å²) in [5, 5.41) is 4.16. The Hall–Kier alpha value is -3.21. The number of para-hydroxylation sites is 1. The van der Waals surface area contributed by atoms with Crippen molar-refractivity contribution in [3.8, 4) is 11.5 Å². The lowest BCUT2D eigenvalue weighted by Crippen LogP contribution is -2.23. The molecule has 0 fully saturated rings. The maximum atomic E-state index is 12.0. The molecule has 5 nitrogen and oxygen atoms in total. The lowest BCUT2D eigenvalue weighted by Gasteiger charge is -2.08. The molecular formula is C22H24N2O3. The second-order valence-corrected chi connectivity index (χ2v) is 6.16. The largest absolute Gasteiger partial charge is 0.493 e. The number of nitrogens with zero attached hydrogens (tertiary/aromatic N) is 1. The highest BCUT2D eigenvalue weighted by atomic mass is 16.5. The summed E-state index contributed by atoms with van der Waals surface area (Å²) in [6.07, 6.45) is 6.25. The summed E-state index contributed by atoms with van der Waals surface area (Å²) < 4.78 is 12.7. The molecule has 5 heteroatoms. The van der Waals surface area contributed by atoms with Crippen LogP contribution < -0.4 is 14.8 Å². The van der Waals surface area contributed by atoms with Gasteiger partial charge < -0.3 is 19.4 Å². The fourth-order valence-electron chi connectivity index (χ4n) is 2.98. The van der Waals surface area contributed by atoms with E-state index >= 15 is 0 Å². The van der Waals surface area contributed by atoms with Crippen LogP contribution >= 0.6 is 0 Å². The molecule has 140 valence electrons. The van der Waals surface area contributed by atoms with Crippen molar-refractivity contribution in [3.05, 3.63) is 66.4 Å². The van der Waals surface area contributed by atoms with Crippen LogP contribution in [0.4, 0.5) is 0 Å². The van der Waals surface area contributed by atoms with Crippen molar-refractivity contribution in [3.63, 3.8) is 0 Å². The molecule has 0 saturated carbocycles. The van der Waals surface area contributed by atoms with Crippen LogP contribution in [0, 0.1) is 0 Å². The first-order valence-corrected chi connectivity index (χ1v) is 8.93. The molecule has 1 aromatic heterocycles. The van der Waals surface area contributed by atoms with Gasteiger partial charge in [0.1, 0.15) is 0 Å². The normalized spacial score (nSPS) is 11.0. The summed E-state index contributed by atoms with van der Waals surface area (Å²) >= 11 is 0. The van der Waals surface area contributed by atoms with Crippen molar-refractivity contribution < 1.29 is 14.3 Å². The van der Waals surface area contributed by atoms with Gasteiger partial charge in [0.25, 0.3) is 0 Å². The monoisotopic (exact) mass is 364 g/mol. The maximum absolute atomic E-state index is 12.0. The van der Waals surface area contributed by atoms with Crippen LogP contribution in [0.25, 0.3) is 17.0 Å². The number of carbonyl (C=O) groups is 1. The highest BCUT2D eigenvalue weighted by Gasteiger charge is 2.03. The van der Waals surface area contributed by atoms with E-state index in [9.17, 15) is 4.79 Å². The van der Waals surface area contributed by atoms with E-state index in [0.29, 0.717) is 18.0 Å². The lowest BCUT2D eigenvalue weighted by molar-refractivity contribution is -0.116. The Morgan fingerprint density at radius 2 is 1.89 bits per heavy atom. The van der Waals surface area contributed by atoms with Crippen molar-refractivity contribution in [2.24, 2.45) is 0 Å². The molecule has 3 aromatic rings. The molecule has 0 atom stereocenters. The highest BCUT2D eigenvalue weighted by Crippen LogP contribution is 2.27. The molecule has 1 heterocycles. The molecule has 0 radical (unpaired) electrons. The van der Waals surface area contributed by atoms with Gasteiger partial charge in [0.05, 0.1) is 14.2 Å². The molecule has 0 aliphatic carbocycles. The first kappa shape index (κ1) is 18.6. The topological polar surface area (TPSA) is 52.5 Å². The van der Waals surface area contributed by atoms with Crippen molar-refractivity contribution in [2.45, 2.75) is 13.0 Å². The smallest absolute Gasteiger partial charge is 0.244 e. The highest BCUT2D eigenvalue weighted by molar-refractivity contribution is 5.91. The van der Waals surface area contributed by atoms with E-state index in [4.69, 9.17) is 9.47 Å². The third kappa shape index (κ3) is 4.70. The number of aromatic nitrogens is 1. The first-order valence-electron chi connectivity index (χ1n) is 8.93. The number of nitrogens with one attached hydrogen (secondary N) is 1. The van der Waals surface area contributed by atoms with Crippen molar-refractivity contribution >= 4 is 22.9 Å². The number of amides is 1. The Balaban J connectivity index is 1.47. The Bertz CT molecular complexity index is 944. The van der Waals surface area contributed by atoms with Crippen LogP contribution in [0.1, 0.15) is 12.0 Å². The summed E-state index contributed by atoms with van der Waals surface area (Å²) in [5.41, 5.74) is 2.10. The van der Waals surface area contributed by atoms with E-state index in [1.165, 1.54) is 17.0 Å². The third-order valence-electron chi connectivity index (χ3n) is 4.39. The van der Waals surface area contributed by atoms with Crippen molar-refractivity contribution in [1.82, 2.24) is 9.88 Å². The lowest BCUT2D eigenvalue weighted by atomic mass is 10.2. The average molecular weight is 364 g/mol. The maximum Gasteiger partial charge on any atom is 0.244 e. The number of aryl methyl sites for hydroxylation is 1. The molecule has 1 amide bonds. The van der Waals surface area contributed by atoms with Gasteiger partial charge in [-0.1, -0.05) is 24.3 Å². The number of benzene rings is 2. The Morgan fingerprint density at radius 3 is 2.70 bits per heavy atom. The minimum atomic E-state index is -0.109. The van der Waals surface area contributed by atoms with Crippen LogP contribution in [0.2, 0.25) is 0 Å². The zero-order valence-electron chi connectivity index (χ0n) is 15.6. The molecule has 3 rings (SSSR count). The Labute approximate surface area is 159 Å². The fourth-order valence-corrected chi connectivity index (χ4v) is 2.98. The predicted molar refractivity (Wildman–Crippen MR) is 108 cm³/mol. The average Bonchev–Trinajstić information content (AvgIpc) is 3.12. The van der Waals surface area contributed by atoms with E-state index in [2.05, 4.69) is 34.3 Å². The molecule has 2 aromatic carbocycles. The van der Waals surface area contributed by atoms with Crippen LogP contribution in [0.3, 0.4) is 0 Å². The predicted octanol–water partition coefficient (Wildman–Crippen LogP) is 3.88. The number of methoxy groups -OCH3 is 2. The summed E-state index contributed by atoms with van der Waals surface area (Å²) in [6.45, 7) is 1.49. The summed E-state index contributed by atoms with van der Waals surface area (Å²) in [5.74, 6) is 1.19. The van der Waals surface area contributed by atoms with Crippen molar-refractivity contribution in [2.75, 3.05) is 20.8 Å². The SMILES string of the molecule is COc1ccc(C=CC(=O)NCCCn2ccc3ccccc32)cc1OC. The molecule has 0 saturated heterocycles. The van der Waals surface area contributed by atoms with Gasteiger partial charge in [-0.25, -0.2) is 0 Å². The number of carbonyl (C=O) groups excluding carboxylic acids is 1. The quantitative estimate of drug-likeness (QED) is 0.487. The van der Waals surface area contributed by atoms with Gasteiger partial charge in [0.2, 0.25) is 5.91 Å². The van der Waals surface area contributed by atoms with E-state index in [1.54, 1.807) is 20.3 Å². The van der Waals surface area contributed by atoms with E-state index in [-0.39, 0.29) is 5.91 Å². The number of fused-ring (bicyclic) bond motifs is 1. The van der Waals surface area contributed by atoms with Gasteiger partial charge in [-0.05, 0) is 47.7 Å². The standard InChI is InChI=1S/C22H24N2O3/c1-26-20-10-8-17(16-21(20)27-2)9-11-22(25)23-13-5-14-24-15-12-18-6-3-4-7-19(18)24/h3-4,6-12,15-16H,5,13-14H2,1-2H3,(H,23,25). The second kappa shape index (κ2) is 8.94. The number of rotatable bonds is 8. The van der Waals surface area contributed by atoms with Gasteiger partial charge in [0, 0.05) is 30.9 Å². The molecule has 0 aliphatic rings. The number of hydrogen-bond acceptors (Lipinski definition) is 3. The van der Waals surface area contributed by atoms with E-state index in [1.807, 2.05) is 30.3 Å². The third-order valence-corrected chi connectivity index (χ3v) is 4.39. The fraction of sp³-hybridized carbons (Fsp3) is 0.227. The summed E-state index contributed by atoms with van der Waals surface area (Å²) in [7, 11) is 3.18. The van der Waals surface area contributed by atoms with Crippen LogP contribution in [-0.4, -0.2) is 31.2 Å². The van der Waals surface area contributed by atoms with Crippen LogP contribution in [0.5, 0.6) is 11.5 Å². The van der Waals surface area contributed by atoms with Gasteiger partial charge in [-0.2, -0.15) is 0 Å². The van der Waals surface area contributed by atoms with Gasteiger partial charge in [0.15, 0.2) is 11.5 Å².